The lowest BCUT2D eigenvalue weighted by Gasteiger charge is -2.09. The average Bonchev–Trinajstić information content (AvgIpc) is 2.65. The first kappa shape index (κ1) is 21.9. The number of halogens is 3. The average molecular weight is 435 g/mol. The van der Waals surface area contributed by atoms with Crippen LogP contribution >= 0.6 is 0 Å². The highest BCUT2D eigenvalue weighted by Crippen LogP contribution is 2.30. The number of benzene rings is 2. The second-order valence-corrected chi connectivity index (χ2v) is 9.77. The number of rotatable bonds is 7. The van der Waals surface area contributed by atoms with Crippen molar-refractivity contribution >= 4 is 25.6 Å². The Bertz CT molecular complexity index is 1030. The highest BCUT2D eigenvalue weighted by molar-refractivity contribution is 7.92. The van der Waals surface area contributed by atoms with E-state index in [1.54, 1.807) is 18.2 Å². The Balaban J connectivity index is 1.92. The first-order chi connectivity index (χ1) is 12.9. The van der Waals surface area contributed by atoms with Crippen LogP contribution in [0.1, 0.15) is 16.8 Å². The van der Waals surface area contributed by atoms with Crippen molar-refractivity contribution < 1.29 is 34.8 Å². The van der Waals surface area contributed by atoms with Gasteiger partial charge in [-0.2, -0.15) is 13.2 Å². The summed E-state index contributed by atoms with van der Waals surface area (Å²) in [5.41, 5.74) is -5.48. The standard InChI is InChI=1S/C17H16F3NO5S2/c18-17(19,20)28(25,26)15-9-7-13(8-10-15)16(22)21-11-4-12-27(23,24)14-5-2-1-3-6-14/h1-3,5-10H,4,11-12H2,(H,21,22). The molecule has 2 aromatic rings. The number of hydrogen-bond acceptors (Lipinski definition) is 5. The number of carbonyl (C=O) groups is 1. The van der Waals surface area contributed by atoms with Gasteiger partial charge in [-0.15, -0.1) is 0 Å². The quantitative estimate of drug-likeness (QED) is 0.675. The van der Waals surface area contributed by atoms with Crippen molar-refractivity contribution in [2.45, 2.75) is 21.7 Å². The summed E-state index contributed by atoms with van der Waals surface area (Å²) in [7, 11) is -8.96. The minimum absolute atomic E-state index is 0.0213. The zero-order valence-electron chi connectivity index (χ0n) is 14.3. The minimum Gasteiger partial charge on any atom is -0.352 e. The summed E-state index contributed by atoms with van der Waals surface area (Å²) >= 11 is 0. The summed E-state index contributed by atoms with van der Waals surface area (Å²) in [5, 5.41) is 2.44. The zero-order chi connectivity index (χ0) is 21.0. The van der Waals surface area contributed by atoms with Gasteiger partial charge >= 0.3 is 5.51 Å². The molecular weight excluding hydrogens is 419 g/mol. The summed E-state index contributed by atoms with van der Waals surface area (Å²) < 4.78 is 84.2. The van der Waals surface area contributed by atoms with E-state index in [9.17, 15) is 34.8 Å². The highest BCUT2D eigenvalue weighted by atomic mass is 32.2. The second-order valence-electron chi connectivity index (χ2n) is 5.71. The van der Waals surface area contributed by atoms with Crippen molar-refractivity contribution in [3.8, 4) is 0 Å². The van der Waals surface area contributed by atoms with E-state index in [4.69, 9.17) is 0 Å². The second kappa shape index (κ2) is 8.31. The van der Waals surface area contributed by atoms with Gasteiger partial charge in [-0.1, -0.05) is 18.2 Å². The van der Waals surface area contributed by atoms with Crippen molar-refractivity contribution in [2.24, 2.45) is 0 Å². The molecule has 0 aliphatic heterocycles. The fraction of sp³-hybridized carbons (Fsp3) is 0.235. The van der Waals surface area contributed by atoms with E-state index in [1.165, 1.54) is 12.1 Å². The molecule has 0 heterocycles. The summed E-state index contributed by atoms with van der Waals surface area (Å²) in [4.78, 5) is 11.2. The number of sulfone groups is 2. The molecule has 2 aromatic carbocycles. The number of hydrogen-bond donors (Lipinski definition) is 1. The Morgan fingerprint density at radius 2 is 1.43 bits per heavy atom. The maximum Gasteiger partial charge on any atom is 0.501 e. The number of amides is 1. The molecular formula is C17H16F3NO5S2. The van der Waals surface area contributed by atoms with Gasteiger partial charge in [0, 0.05) is 12.1 Å². The highest BCUT2D eigenvalue weighted by Gasteiger charge is 2.46. The smallest absolute Gasteiger partial charge is 0.352 e. The first-order valence-corrected chi connectivity index (χ1v) is 11.1. The summed E-state index contributed by atoms with van der Waals surface area (Å²) in [6, 6.07) is 11.1. The molecule has 1 amide bonds. The fourth-order valence-corrected chi connectivity index (χ4v) is 4.32. The molecule has 0 unspecified atom stereocenters. The summed E-state index contributed by atoms with van der Waals surface area (Å²) in [5.74, 6) is -0.854. The SMILES string of the molecule is O=C(NCCCS(=O)(=O)c1ccccc1)c1ccc(S(=O)(=O)C(F)(F)F)cc1. The summed E-state index contributed by atoms with van der Waals surface area (Å²) in [6.07, 6.45) is 0.128. The van der Waals surface area contributed by atoms with Gasteiger partial charge in [0.15, 0.2) is 9.84 Å². The Labute approximate surface area is 160 Å². The molecule has 0 aliphatic carbocycles. The molecule has 0 radical (unpaired) electrons. The molecule has 0 atom stereocenters. The predicted molar refractivity (Wildman–Crippen MR) is 95.1 cm³/mol. The molecule has 2 rings (SSSR count). The Kier molecular flexibility index (Phi) is 6.50. The molecule has 152 valence electrons. The third kappa shape index (κ3) is 5.10. The van der Waals surface area contributed by atoms with Gasteiger partial charge in [0.1, 0.15) is 0 Å². The van der Waals surface area contributed by atoms with Gasteiger partial charge < -0.3 is 5.32 Å². The molecule has 1 N–H and O–H groups in total. The monoisotopic (exact) mass is 435 g/mol. The van der Waals surface area contributed by atoms with Crippen molar-refractivity contribution in [1.29, 1.82) is 0 Å². The van der Waals surface area contributed by atoms with E-state index in [0.29, 0.717) is 12.1 Å². The van der Waals surface area contributed by atoms with Crippen molar-refractivity contribution in [2.75, 3.05) is 12.3 Å². The van der Waals surface area contributed by atoms with Gasteiger partial charge in [0.25, 0.3) is 15.7 Å². The van der Waals surface area contributed by atoms with Crippen LogP contribution in [0.2, 0.25) is 0 Å². The van der Waals surface area contributed by atoms with E-state index in [2.05, 4.69) is 5.32 Å². The fourth-order valence-electron chi connectivity index (χ4n) is 2.23. The molecule has 0 saturated carbocycles. The Morgan fingerprint density at radius 1 is 0.857 bits per heavy atom. The lowest BCUT2D eigenvalue weighted by molar-refractivity contribution is -0.0436. The predicted octanol–water partition coefficient (Wildman–Crippen LogP) is 2.57. The molecule has 0 saturated heterocycles. The molecule has 11 heteroatoms. The molecule has 28 heavy (non-hydrogen) atoms. The maximum atomic E-state index is 12.5. The summed E-state index contributed by atoms with van der Waals surface area (Å²) in [6.45, 7) is 0.0213. The molecule has 0 fully saturated rings. The van der Waals surface area contributed by atoms with Crippen LogP contribution in [-0.2, 0) is 19.7 Å². The topological polar surface area (TPSA) is 97.4 Å². The maximum absolute atomic E-state index is 12.5. The Morgan fingerprint density at radius 3 is 1.96 bits per heavy atom. The van der Waals surface area contributed by atoms with E-state index in [-0.39, 0.29) is 29.2 Å². The third-order valence-corrected chi connectivity index (χ3v) is 7.03. The number of alkyl halides is 3. The zero-order valence-corrected chi connectivity index (χ0v) is 15.9. The normalized spacial score (nSPS) is 12.5. The van der Waals surface area contributed by atoms with E-state index >= 15 is 0 Å². The lowest BCUT2D eigenvalue weighted by atomic mass is 10.2. The molecule has 0 aliphatic rings. The van der Waals surface area contributed by atoms with Crippen LogP contribution in [0.4, 0.5) is 13.2 Å². The van der Waals surface area contributed by atoms with Gasteiger partial charge in [-0.25, -0.2) is 16.8 Å². The van der Waals surface area contributed by atoms with E-state index in [1.807, 2.05) is 0 Å². The van der Waals surface area contributed by atoms with Gasteiger partial charge in [-0.3, -0.25) is 4.79 Å². The van der Waals surface area contributed by atoms with Crippen molar-refractivity contribution in [3.05, 3.63) is 60.2 Å². The van der Waals surface area contributed by atoms with Crippen LogP contribution in [0.5, 0.6) is 0 Å². The minimum atomic E-state index is -5.48. The van der Waals surface area contributed by atoms with Gasteiger partial charge in [0.2, 0.25) is 0 Å². The third-order valence-electron chi connectivity index (χ3n) is 3.71. The van der Waals surface area contributed by atoms with Crippen LogP contribution in [0.3, 0.4) is 0 Å². The molecule has 6 nitrogen and oxygen atoms in total. The van der Waals surface area contributed by atoms with Crippen LogP contribution in [-0.4, -0.2) is 40.5 Å². The number of carbonyl (C=O) groups excluding carboxylic acids is 1. The van der Waals surface area contributed by atoms with Crippen LogP contribution in [0.15, 0.2) is 64.4 Å². The molecule has 0 bridgehead atoms. The molecule has 0 aromatic heterocycles. The van der Waals surface area contributed by atoms with Crippen molar-refractivity contribution in [1.82, 2.24) is 5.32 Å². The first-order valence-electron chi connectivity index (χ1n) is 7.92. The van der Waals surface area contributed by atoms with Gasteiger partial charge in [0.05, 0.1) is 15.5 Å². The van der Waals surface area contributed by atoms with Crippen molar-refractivity contribution in [3.63, 3.8) is 0 Å². The largest absolute Gasteiger partial charge is 0.501 e. The van der Waals surface area contributed by atoms with Crippen LogP contribution in [0.25, 0.3) is 0 Å². The van der Waals surface area contributed by atoms with E-state index < -0.39 is 36.0 Å². The lowest BCUT2D eigenvalue weighted by Crippen LogP contribution is -2.26. The Hall–Kier alpha value is -2.40. The molecule has 0 spiro atoms. The van der Waals surface area contributed by atoms with E-state index in [0.717, 1.165) is 12.1 Å². The van der Waals surface area contributed by atoms with Crippen LogP contribution in [0, 0.1) is 0 Å². The van der Waals surface area contributed by atoms with Gasteiger partial charge in [-0.05, 0) is 42.8 Å². The number of nitrogens with one attached hydrogen (secondary N) is 1. The van der Waals surface area contributed by atoms with Crippen LogP contribution < -0.4 is 5.32 Å².